The molecule has 0 aromatic heterocycles. The van der Waals surface area contributed by atoms with Gasteiger partial charge in [0.05, 0.1) is 5.25 Å². The largest absolute Gasteiger partial charge is 0.329 e. The molecule has 0 aromatic carbocycles. The van der Waals surface area contributed by atoms with Crippen LogP contribution in [-0.4, -0.2) is 26.3 Å². The molecule has 0 aromatic rings. The lowest BCUT2D eigenvalue weighted by Crippen LogP contribution is -2.43. The van der Waals surface area contributed by atoms with E-state index in [-0.39, 0.29) is 18.0 Å². The van der Waals surface area contributed by atoms with Gasteiger partial charge in [-0.1, -0.05) is 20.8 Å². The number of nitrogens with one attached hydrogen (secondary N) is 1. The van der Waals surface area contributed by atoms with Crippen molar-refractivity contribution in [1.29, 1.82) is 0 Å². The molecule has 0 heterocycles. The number of rotatable bonds is 5. The van der Waals surface area contributed by atoms with E-state index in [0.717, 1.165) is 19.3 Å². The highest BCUT2D eigenvalue weighted by molar-refractivity contribution is 7.90. The molecule has 0 aliphatic heterocycles. The van der Waals surface area contributed by atoms with E-state index in [4.69, 9.17) is 5.73 Å². The van der Waals surface area contributed by atoms with Crippen molar-refractivity contribution in [2.24, 2.45) is 11.1 Å². The third kappa shape index (κ3) is 3.43. The molecule has 4 nitrogen and oxygen atoms in total. The molecule has 96 valence electrons. The van der Waals surface area contributed by atoms with Crippen molar-refractivity contribution >= 4 is 10.0 Å². The van der Waals surface area contributed by atoms with Crippen LogP contribution in [0.4, 0.5) is 0 Å². The van der Waals surface area contributed by atoms with Gasteiger partial charge < -0.3 is 5.73 Å². The smallest absolute Gasteiger partial charge is 0.215 e. The predicted molar refractivity (Wildman–Crippen MR) is 66.6 cm³/mol. The van der Waals surface area contributed by atoms with Gasteiger partial charge in [0.1, 0.15) is 0 Å². The second-order valence-electron chi connectivity index (χ2n) is 5.53. The van der Waals surface area contributed by atoms with Gasteiger partial charge in [-0.3, -0.25) is 0 Å². The van der Waals surface area contributed by atoms with Gasteiger partial charge in [-0.05, 0) is 31.1 Å². The number of sulfonamides is 1. The molecule has 0 amide bonds. The molecule has 5 heteroatoms. The van der Waals surface area contributed by atoms with E-state index in [1.807, 2.05) is 6.92 Å². The van der Waals surface area contributed by atoms with Crippen LogP contribution in [0.15, 0.2) is 0 Å². The van der Waals surface area contributed by atoms with Crippen molar-refractivity contribution in [2.45, 2.75) is 57.7 Å². The van der Waals surface area contributed by atoms with Crippen LogP contribution in [0.5, 0.6) is 0 Å². The Morgan fingerprint density at radius 3 is 2.50 bits per heavy atom. The Labute approximate surface area is 99.0 Å². The minimum Gasteiger partial charge on any atom is -0.329 e. The van der Waals surface area contributed by atoms with E-state index in [1.165, 1.54) is 0 Å². The first-order chi connectivity index (χ1) is 7.30. The van der Waals surface area contributed by atoms with E-state index in [1.54, 1.807) is 0 Å². The highest BCUT2D eigenvalue weighted by Crippen LogP contribution is 2.37. The first kappa shape index (κ1) is 13.9. The van der Waals surface area contributed by atoms with Gasteiger partial charge in [-0.15, -0.1) is 0 Å². The predicted octanol–water partition coefficient (Wildman–Crippen LogP) is 1.22. The minimum absolute atomic E-state index is 0.0978. The molecule has 2 atom stereocenters. The summed E-state index contributed by atoms with van der Waals surface area (Å²) in [5.41, 5.74) is 5.74. The molecule has 2 unspecified atom stereocenters. The average Bonchev–Trinajstić information content (AvgIpc) is 2.45. The third-order valence-electron chi connectivity index (χ3n) is 3.46. The Bertz CT molecular complexity index is 321. The lowest BCUT2D eigenvalue weighted by Gasteiger charge is -2.20. The summed E-state index contributed by atoms with van der Waals surface area (Å²) in [5.74, 6) is 0. The molecule has 0 saturated heterocycles. The molecular weight excluding hydrogens is 224 g/mol. The summed E-state index contributed by atoms with van der Waals surface area (Å²) in [7, 11) is -3.23. The van der Waals surface area contributed by atoms with Crippen LogP contribution in [0.25, 0.3) is 0 Å². The molecule has 0 radical (unpaired) electrons. The summed E-state index contributed by atoms with van der Waals surface area (Å²) in [6, 6.07) is 0.0978. The molecule has 1 saturated carbocycles. The average molecular weight is 248 g/mol. The Balaban J connectivity index is 2.61. The fourth-order valence-electron chi connectivity index (χ4n) is 2.38. The van der Waals surface area contributed by atoms with Gasteiger partial charge in [0.2, 0.25) is 10.0 Å². The summed E-state index contributed by atoms with van der Waals surface area (Å²) in [6.45, 7) is 6.42. The fraction of sp³-hybridized carbons (Fsp3) is 1.00. The second kappa shape index (κ2) is 5.02. The maximum atomic E-state index is 12.0. The van der Waals surface area contributed by atoms with Gasteiger partial charge in [0.15, 0.2) is 0 Å². The zero-order valence-corrected chi connectivity index (χ0v) is 11.3. The molecule has 0 bridgehead atoms. The third-order valence-corrected chi connectivity index (χ3v) is 5.52. The topological polar surface area (TPSA) is 72.2 Å². The minimum atomic E-state index is -3.23. The Morgan fingerprint density at radius 2 is 2.12 bits per heavy atom. The van der Waals surface area contributed by atoms with Crippen molar-refractivity contribution in [3.8, 4) is 0 Å². The summed E-state index contributed by atoms with van der Waals surface area (Å²) in [5, 5.41) is -0.448. The lowest BCUT2D eigenvalue weighted by atomic mass is 9.92. The Morgan fingerprint density at radius 1 is 1.50 bits per heavy atom. The Hall–Kier alpha value is -0.130. The highest BCUT2D eigenvalue weighted by atomic mass is 32.2. The molecule has 0 spiro atoms. The van der Waals surface area contributed by atoms with E-state index in [2.05, 4.69) is 18.6 Å². The van der Waals surface area contributed by atoms with E-state index in [9.17, 15) is 8.42 Å². The van der Waals surface area contributed by atoms with Crippen molar-refractivity contribution in [3.05, 3.63) is 0 Å². The van der Waals surface area contributed by atoms with Crippen molar-refractivity contribution in [3.63, 3.8) is 0 Å². The van der Waals surface area contributed by atoms with Gasteiger partial charge in [0.25, 0.3) is 0 Å². The highest BCUT2D eigenvalue weighted by Gasteiger charge is 2.34. The van der Waals surface area contributed by atoms with E-state index in [0.29, 0.717) is 6.42 Å². The van der Waals surface area contributed by atoms with E-state index >= 15 is 0 Å². The SMILES string of the molecule is CCC(CN)S(=O)(=O)NC1CCC(C)(C)C1. The second-order valence-corrected chi connectivity index (χ2v) is 7.53. The monoisotopic (exact) mass is 248 g/mol. The van der Waals surface area contributed by atoms with Gasteiger partial charge in [-0.25, -0.2) is 13.1 Å². The van der Waals surface area contributed by atoms with Crippen LogP contribution in [-0.2, 0) is 10.0 Å². The molecule has 3 N–H and O–H groups in total. The van der Waals surface area contributed by atoms with Gasteiger partial charge in [0, 0.05) is 12.6 Å². The van der Waals surface area contributed by atoms with Gasteiger partial charge in [-0.2, -0.15) is 0 Å². The molecule has 1 aliphatic rings. The Kier molecular flexibility index (Phi) is 4.37. The number of hydrogen-bond acceptors (Lipinski definition) is 3. The number of hydrogen-bond donors (Lipinski definition) is 2. The molecule has 1 rings (SSSR count). The van der Waals surface area contributed by atoms with Crippen molar-refractivity contribution in [2.75, 3.05) is 6.54 Å². The lowest BCUT2D eigenvalue weighted by molar-refractivity contribution is 0.372. The first-order valence-corrected chi connectivity index (χ1v) is 7.56. The summed E-state index contributed by atoms with van der Waals surface area (Å²) in [4.78, 5) is 0. The van der Waals surface area contributed by atoms with Crippen LogP contribution >= 0.6 is 0 Å². The standard InChI is InChI=1S/C11H24N2O2S/c1-4-10(8-12)16(14,15)13-9-5-6-11(2,3)7-9/h9-10,13H,4-8,12H2,1-3H3. The summed E-state index contributed by atoms with van der Waals surface area (Å²) in [6.07, 6.45) is 3.52. The molecule has 1 fully saturated rings. The normalized spacial score (nSPS) is 26.9. The van der Waals surface area contributed by atoms with Gasteiger partial charge >= 0.3 is 0 Å². The number of nitrogens with two attached hydrogens (primary N) is 1. The molecule has 1 aliphatic carbocycles. The molecule has 16 heavy (non-hydrogen) atoms. The fourth-order valence-corrected chi connectivity index (χ4v) is 3.93. The van der Waals surface area contributed by atoms with Crippen LogP contribution in [0.2, 0.25) is 0 Å². The van der Waals surface area contributed by atoms with Crippen molar-refractivity contribution < 1.29 is 8.42 Å². The maximum Gasteiger partial charge on any atom is 0.215 e. The van der Waals surface area contributed by atoms with Crippen LogP contribution in [0.3, 0.4) is 0 Å². The zero-order chi connectivity index (χ0) is 12.4. The van der Waals surface area contributed by atoms with Crippen LogP contribution < -0.4 is 10.5 Å². The van der Waals surface area contributed by atoms with Crippen LogP contribution in [0.1, 0.15) is 46.5 Å². The van der Waals surface area contributed by atoms with Crippen molar-refractivity contribution in [1.82, 2.24) is 4.72 Å². The van der Waals surface area contributed by atoms with Crippen LogP contribution in [0, 0.1) is 5.41 Å². The zero-order valence-electron chi connectivity index (χ0n) is 10.5. The summed E-state index contributed by atoms with van der Waals surface area (Å²) >= 11 is 0. The quantitative estimate of drug-likeness (QED) is 0.768. The maximum absolute atomic E-state index is 12.0. The molecular formula is C11H24N2O2S. The summed E-state index contributed by atoms with van der Waals surface area (Å²) < 4.78 is 26.7. The van der Waals surface area contributed by atoms with E-state index < -0.39 is 15.3 Å². The first-order valence-electron chi connectivity index (χ1n) is 6.02.